The van der Waals surface area contributed by atoms with Crippen LogP contribution in [-0.2, 0) is 0 Å². The summed E-state index contributed by atoms with van der Waals surface area (Å²) in [5.41, 5.74) is 4.26. The predicted molar refractivity (Wildman–Crippen MR) is 119 cm³/mol. The Morgan fingerprint density at radius 2 is 1.90 bits per heavy atom. The van der Waals surface area contributed by atoms with E-state index < -0.39 is 0 Å². The smallest absolute Gasteiger partial charge is 0.170 e. The van der Waals surface area contributed by atoms with Crippen molar-refractivity contribution < 1.29 is 5.11 Å². The normalized spacial score (nSPS) is 18.7. The average Bonchev–Trinajstić information content (AvgIpc) is 3.34. The van der Waals surface area contributed by atoms with Crippen molar-refractivity contribution in [1.82, 2.24) is 19.8 Å². The number of nitrogens with zero attached hydrogens (tertiary/aromatic N) is 4. The minimum absolute atomic E-state index is 0.0332. The van der Waals surface area contributed by atoms with Crippen LogP contribution in [-0.4, -0.2) is 51.9 Å². The third-order valence-electron chi connectivity index (χ3n) is 5.27. The van der Waals surface area contributed by atoms with Crippen LogP contribution in [0.15, 0.2) is 67.0 Å². The van der Waals surface area contributed by atoms with Crippen LogP contribution in [0.3, 0.4) is 0 Å². The summed E-state index contributed by atoms with van der Waals surface area (Å²) in [5, 5.41) is 13.7. The van der Waals surface area contributed by atoms with Crippen molar-refractivity contribution in [3.8, 4) is 5.69 Å². The highest BCUT2D eigenvalue weighted by atomic mass is 32.1. The van der Waals surface area contributed by atoms with E-state index in [2.05, 4.69) is 61.2 Å². The molecule has 2 aromatic heterocycles. The Hall–Kier alpha value is -2.90. The molecular formula is C22H25N5OS. The Balaban J connectivity index is 1.76. The molecule has 2 atom stereocenters. The monoisotopic (exact) mass is 407 g/mol. The van der Waals surface area contributed by atoms with Crippen molar-refractivity contribution >= 4 is 23.0 Å². The maximum atomic E-state index is 9.63. The number of pyridine rings is 1. The highest BCUT2D eigenvalue weighted by Gasteiger charge is 2.40. The lowest BCUT2D eigenvalue weighted by atomic mass is 10.0. The number of aromatic nitrogens is 2. The first-order chi connectivity index (χ1) is 14.1. The van der Waals surface area contributed by atoms with E-state index in [0.717, 1.165) is 22.8 Å². The minimum atomic E-state index is -0.0926. The number of anilines is 1. The quantitative estimate of drug-likeness (QED) is 0.613. The highest BCUT2D eigenvalue weighted by molar-refractivity contribution is 7.80. The van der Waals surface area contributed by atoms with E-state index in [0.29, 0.717) is 11.7 Å². The van der Waals surface area contributed by atoms with Crippen LogP contribution in [0.4, 0.5) is 5.69 Å². The lowest BCUT2D eigenvalue weighted by Crippen LogP contribution is -2.32. The summed E-state index contributed by atoms with van der Waals surface area (Å²) in [6.07, 6.45) is 3.86. The van der Waals surface area contributed by atoms with Gasteiger partial charge in [0.1, 0.15) is 0 Å². The molecule has 0 spiro atoms. The van der Waals surface area contributed by atoms with E-state index in [9.17, 15) is 5.11 Å². The van der Waals surface area contributed by atoms with Crippen LogP contribution >= 0.6 is 12.2 Å². The molecule has 29 heavy (non-hydrogen) atoms. The second kappa shape index (κ2) is 8.23. The minimum Gasteiger partial charge on any atom is -0.395 e. The molecule has 0 unspecified atom stereocenters. The second-order valence-corrected chi connectivity index (χ2v) is 7.64. The molecule has 0 amide bonds. The van der Waals surface area contributed by atoms with Gasteiger partial charge in [0, 0.05) is 50.1 Å². The average molecular weight is 408 g/mol. The summed E-state index contributed by atoms with van der Waals surface area (Å²) in [7, 11) is 4.07. The number of nitrogens with one attached hydrogen (secondary N) is 1. The molecule has 1 saturated heterocycles. The third kappa shape index (κ3) is 3.71. The van der Waals surface area contributed by atoms with E-state index in [1.54, 1.807) is 6.20 Å². The number of aliphatic hydroxyl groups excluding tert-OH is 1. The fourth-order valence-corrected chi connectivity index (χ4v) is 4.19. The molecule has 150 valence electrons. The summed E-state index contributed by atoms with van der Waals surface area (Å²) in [4.78, 5) is 8.69. The lowest BCUT2D eigenvalue weighted by molar-refractivity contribution is 0.220. The molecule has 0 aliphatic carbocycles. The molecule has 1 aliphatic rings. The number of rotatable bonds is 6. The largest absolute Gasteiger partial charge is 0.395 e. The highest BCUT2D eigenvalue weighted by Crippen LogP contribution is 2.39. The molecule has 2 N–H and O–H groups in total. The molecule has 6 nitrogen and oxygen atoms in total. The van der Waals surface area contributed by atoms with Crippen LogP contribution in [0.5, 0.6) is 0 Å². The van der Waals surface area contributed by atoms with Gasteiger partial charge in [0.2, 0.25) is 0 Å². The number of thiocarbonyl (C=S) groups is 1. The van der Waals surface area contributed by atoms with Crippen molar-refractivity contribution in [2.75, 3.05) is 32.1 Å². The van der Waals surface area contributed by atoms with Gasteiger partial charge in [0.15, 0.2) is 5.11 Å². The maximum absolute atomic E-state index is 9.63. The predicted octanol–water partition coefficient (Wildman–Crippen LogP) is 2.90. The molecule has 1 aliphatic heterocycles. The van der Waals surface area contributed by atoms with E-state index in [1.807, 2.05) is 38.4 Å². The van der Waals surface area contributed by atoms with Gasteiger partial charge in [-0.15, -0.1) is 0 Å². The van der Waals surface area contributed by atoms with Crippen molar-refractivity contribution in [3.05, 3.63) is 78.4 Å². The van der Waals surface area contributed by atoms with Gasteiger partial charge in [-0.1, -0.05) is 6.07 Å². The summed E-state index contributed by atoms with van der Waals surface area (Å²) >= 11 is 5.60. The van der Waals surface area contributed by atoms with Gasteiger partial charge >= 0.3 is 0 Å². The van der Waals surface area contributed by atoms with Gasteiger partial charge in [-0.05, 0) is 60.7 Å². The molecule has 3 heterocycles. The zero-order valence-corrected chi connectivity index (χ0v) is 17.4. The van der Waals surface area contributed by atoms with E-state index in [-0.39, 0.29) is 18.7 Å². The van der Waals surface area contributed by atoms with Crippen molar-refractivity contribution in [2.24, 2.45) is 0 Å². The number of benzene rings is 1. The molecule has 4 rings (SSSR count). The van der Waals surface area contributed by atoms with Crippen LogP contribution in [0.1, 0.15) is 23.5 Å². The molecule has 1 fully saturated rings. The fraction of sp³-hybridized carbons (Fsp3) is 0.273. The van der Waals surface area contributed by atoms with Gasteiger partial charge < -0.3 is 24.8 Å². The Bertz CT molecular complexity index is 970. The van der Waals surface area contributed by atoms with Gasteiger partial charge in [0.25, 0.3) is 0 Å². The molecule has 0 radical (unpaired) electrons. The SMILES string of the molecule is CN(C)c1ccc(-n2cccc2[C@@H]2[C@@H](c3ccccn3)NC(=S)N2CCO)cc1. The molecule has 7 heteroatoms. The zero-order valence-electron chi connectivity index (χ0n) is 16.6. The van der Waals surface area contributed by atoms with Gasteiger partial charge in [-0.25, -0.2) is 0 Å². The first-order valence-corrected chi connectivity index (χ1v) is 10.0. The van der Waals surface area contributed by atoms with Crippen LogP contribution in [0.25, 0.3) is 5.69 Å². The Kier molecular flexibility index (Phi) is 5.51. The van der Waals surface area contributed by atoms with E-state index in [4.69, 9.17) is 12.2 Å². The lowest BCUT2D eigenvalue weighted by Gasteiger charge is -2.28. The van der Waals surface area contributed by atoms with Crippen LogP contribution < -0.4 is 10.2 Å². The number of hydrogen-bond acceptors (Lipinski definition) is 4. The maximum Gasteiger partial charge on any atom is 0.170 e. The molecule has 1 aromatic carbocycles. The Labute approximate surface area is 176 Å². The van der Waals surface area contributed by atoms with Crippen LogP contribution in [0, 0.1) is 0 Å². The number of aliphatic hydroxyl groups is 1. The van der Waals surface area contributed by atoms with E-state index >= 15 is 0 Å². The molecular weight excluding hydrogens is 382 g/mol. The molecule has 0 bridgehead atoms. The summed E-state index contributed by atoms with van der Waals surface area (Å²) in [6, 6.07) is 18.3. The molecule has 3 aromatic rings. The zero-order chi connectivity index (χ0) is 20.4. The summed E-state index contributed by atoms with van der Waals surface area (Å²) in [6.45, 7) is 0.496. The van der Waals surface area contributed by atoms with Gasteiger partial charge in [-0.3, -0.25) is 4.98 Å². The Morgan fingerprint density at radius 1 is 1.10 bits per heavy atom. The Morgan fingerprint density at radius 3 is 2.55 bits per heavy atom. The summed E-state index contributed by atoms with van der Waals surface area (Å²) in [5.74, 6) is 0. The number of β-amino-alcohol motifs (C(OH)–C–C–N with tert-alkyl or cyclic N) is 1. The molecule has 0 saturated carbocycles. The van der Waals surface area contributed by atoms with Gasteiger partial charge in [-0.2, -0.15) is 0 Å². The first-order valence-electron chi connectivity index (χ1n) is 9.64. The first kappa shape index (κ1) is 19.4. The second-order valence-electron chi connectivity index (χ2n) is 7.26. The van der Waals surface area contributed by atoms with Crippen LogP contribution in [0.2, 0.25) is 0 Å². The van der Waals surface area contributed by atoms with Crippen molar-refractivity contribution in [1.29, 1.82) is 0 Å². The number of hydrogen-bond donors (Lipinski definition) is 2. The summed E-state index contributed by atoms with van der Waals surface area (Å²) < 4.78 is 2.18. The van der Waals surface area contributed by atoms with Gasteiger partial charge in [0.05, 0.1) is 24.4 Å². The topological polar surface area (TPSA) is 56.6 Å². The van der Waals surface area contributed by atoms with E-state index in [1.165, 1.54) is 0 Å². The standard InChI is InChI=1S/C22H25N5OS/c1-25(2)16-8-10-17(11-9-16)26-13-5-7-19(26)21-20(18-6-3-4-12-23-18)24-22(29)27(21)14-15-28/h3-13,20-21,28H,14-15H2,1-2H3,(H,24,29)/t20-,21-/m1/s1. The van der Waals surface area contributed by atoms with Crippen molar-refractivity contribution in [2.45, 2.75) is 12.1 Å². The third-order valence-corrected chi connectivity index (χ3v) is 5.62. The van der Waals surface area contributed by atoms with Crippen molar-refractivity contribution in [3.63, 3.8) is 0 Å². The fourth-order valence-electron chi connectivity index (χ4n) is 3.86.